The molecular formula is C18H20N2O2S. The Kier molecular flexibility index (Phi) is 4.04. The Hall–Kier alpha value is -1.88. The summed E-state index contributed by atoms with van der Waals surface area (Å²) in [7, 11) is 0. The van der Waals surface area contributed by atoms with Crippen molar-refractivity contribution >= 4 is 17.2 Å². The fourth-order valence-electron chi connectivity index (χ4n) is 2.66. The molecule has 1 aromatic carbocycles. The Labute approximate surface area is 140 Å². The first-order valence-electron chi connectivity index (χ1n) is 8.21. The van der Waals surface area contributed by atoms with Crippen molar-refractivity contribution in [2.24, 2.45) is 5.92 Å². The maximum absolute atomic E-state index is 12.4. The molecule has 5 heteroatoms. The van der Waals surface area contributed by atoms with Crippen molar-refractivity contribution in [2.75, 3.05) is 0 Å². The molecular weight excluding hydrogens is 308 g/mol. The van der Waals surface area contributed by atoms with Crippen LogP contribution in [-0.2, 0) is 17.9 Å². The van der Waals surface area contributed by atoms with E-state index >= 15 is 0 Å². The molecule has 4 nitrogen and oxygen atoms in total. The fraction of sp³-hybridized carbons (Fsp3) is 0.444. The number of nitrogens with zero attached hydrogens (tertiary/aromatic N) is 2. The Morgan fingerprint density at radius 1 is 1.22 bits per heavy atom. The minimum absolute atomic E-state index is 0.287. The van der Waals surface area contributed by atoms with Gasteiger partial charge in [0.1, 0.15) is 17.4 Å². The highest BCUT2D eigenvalue weighted by molar-refractivity contribution is 7.09. The average molecular weight is 328 g/mol. The fourth-order valence-corrected chi connectivity index (χ4v) is 3.36. The number of hydrogen-bond donors (Lipinski definition) is 0. The van der Waals surface area contributed by atoms with Crippen molar-refractivity contribution < 1.29 is 9.53 Å². The molecule has 23 heavy (non-hydrogen) atoms. The van der Waals surface area contributed by atoms with Gasteiger partial charge < -0.3 is 9.64 Å². The van der Waals surface area contributed by atoms with Gasteiger partial charge in [0.05, 0.1) is 12.2 Å². The third-order valence-electron chi connectivity index (χ3n) is 4.23. The number of para-hydroxylation sites is 1. The van der Waals surface area contributed by atoms with Gasteiger partial charge in [-0.05, 0) is 37.8 Å². The van der Waals surface area contributed by atoms with E-state index in [0.717, 1.165) is 42.1 Å². The van der Waals surface area contributed by atoms with Crippen LogP contribution in [0.5, 0.6) is 5.75 Å². The van der Waals surface area contributed by atoms with Crippen LogP contribution < -0.4 is 4.74 Å². The van der Waals surface area contributed by atoms with Crippen LogP contribution in [-0.4, -0.2) is 21.8 Å². The molecule has 4 rings (SSSR count). The topological polar surface area (TPSA) is 42.4 Å². The molecule has 2 aliphatic rings. The Morgan fingerprint density at radius 3 is 2.70 bits per heavy atom. The standard InChI is InChI=1S/C18H20N2O2S/c21-18(13-6-7-13)20(15-8-9-15)10-14-12-23-17(19-14)11-22-16-4-2-1-3-5-16/h1-5,12-13,15H,6-11H2. The van der Waals surface area contributed by atoms with Gasteiger partial charge in [0, 0.05) is 17.3 Å². The van der Waals surface area contributed by atoms with E-state index in [-0.39, 0.29) is 5.92 Å². The lowest BCUT2D eigenvalue weighted by molar-refractivity contribution is -0.133. The van der Waals surface area contributed by atoms with Gasteiger partial charge >= 0.3 is 0 Å². The predicted molar refractivity (Wildman–Crippen MR) is 89.2 cm³/mol. The first kappa shape index (κ1) is 14.7. The second-order valence-electron chi connectivity index (χ2n) is 6.31. The lowest BCUT2D eigenvalue weighted by Gasteiger charge is -2.21. The van der Waals surface area contributed by atoms with Crippen molar-refractivity contribution in [1.82, 2.24) is 9.88 Å². The van der Waals surface area contributed by atoms with E-state index in [2.05, 4.69) is 15.3 Å². The minimum Gasteiger partial charge on any atom is -0.486 e. The second-order valence-corrected chi connectivity index (χ2v) is 7.25. The number of hydrogen-bond acceptors (Lipinski definition) is 4. The number of benzene rings is 1. The van der Waals surface area contributed by atoms with Crippen molar-refractivity contribution in [3.63, 3.8) is 0 Å². The summed E-state index contributed by atoms with van der Waals surface area (Å²) in [6, 6.07) is 10.2. The normalized spacial score (nSPS) is 17.0. The van der Waals surface area contributed by atoms with E-state index in [0.29, 0.717) is 25.1 Å². The van der Waals surface area contributed by atoms with Crippen LogP contribution in [0.4, 0.5) is 0 Å². The van der Waals surface area contributed by atoms with Gasteiger partial charge in [-0.1, -0.05) is 18.2 Å². The van der Waals surface area contributed by atoms with Crippen LogP contribution in [0, 0.1) is 5.92 Å². The molecule has 0 unspecified atom stereocenters. The van der Waals surface area contributed by atoms with Gasteiger partial charge in [-0.25, -0.2) is 4.98 Å². The summed E-state index contributed by atoms with van der Waals surface area (Å²) >= 11 is 1.60. The average Bonchev–Trinajstić information content (AvgIpc) is 3.49. The Morgan fingerprint density at radius 2 is 2.00 bits per heavy atom. The van der Waals surface area contributed by atoms with Crippen molar-refractivity contribution in [2.45, 2.75) is 44.9 Å². The third-order valence-corrected chi connectivity index (χ3v) is 5.11. The van der Waals surface area contributed by atoms with E-state index in [1.165, 1.54) is 0 Å². The lowest BCUT2D eigenvalue weighted by Crippen LogP contribution is -2.33. The molecule has 1 amide bonds. The van der Waals surface area contributed by atoms with E-state index in [1.54, 1.807) is 11.3 Å². The Bertz CT molecular complexity index is 677. The smallest absolute Gasteiger partial charge is 0.226 e. The van der Waals surface area contributed by atoms with Gasteiger partial charge in [-0.2, -0.15) is 0 Å². The monoisotopic (exact) mass is 328 g/mol. The zero-order chi connectivity index (χ0) is 15.6. The van der Waals surface area contributed by atoms with Crippen LogP contribution in [0.3, 0.4) is 0 Å². The Balaban J connectivity index is 1.36. The van der Waals surface area contributed by atoms with Gasteiger partial charge in [0.25, 0.3) is 0 Å². The lowest BCUT2D eigenvalue weighted by atomic mass is 10.3. The molecule has 0 spiro atoms. The summed E-state index contributed by atoms with van der Waals surface area (Å²) in [6.07, 6.45) is 4.42. The molecule has 1 aromatic heterocycles. The van der Waals surface area contributed by atoms with E-state index in [1.807, 2.05) is 30.3 Å². The van der Waals surface area contributed by atoms with Crippen molar-refractivity contribution in [3.8, 4) is 5.75 Å². The highest BCUT2D eigenvalue weighted by Gasteiger charge is 2.40. The maximum atomic E-state index is 12.4. The first-order valence-corrected chi connectivity index (χ1v) is 9.09. The van der Waals surface area contributed by atoms with E-state index < -0.39 is 0 Å². The summed E-state index contributed by atoms with van der Waals surface area (Å²) < 4.78 is 5.73. The number of rotatable bonds is 7. The summed E-state index contributed by atoms with van der Waals surface area (Å²) in [5.74, 6) is 1.48. The molecule has 120 valence electrons. The molecule has 2 saturated carbocycles. The zero-order valence-electron chi connectivity index (χ0n) is 13.0. The van der Waals surface area contributed by atoms with Crippen molar-refractivity contribution in [3.05, 3.63) is 46.4 Å². The summed E-state index contributed by atoms with van der Waals surface area (Å²) in [4.78, 5) is 19.1. The highest BCUT2D eigenvalue weighted by Crippen LogP contribution is 2.36. The number of carbonyl (C=O) groups is 1. The molecule has 0 N–H and O–H groups in total. The second kappa shape index (κ2) is 6.32. The molecule has 1 heterocycles. The first-order chi connectivity index (χ1) is 11.3. The molecule has 2 fully saturated rings. The van der Waals surface area contributed by atoms with Crippen LogP contribution in [0.15, 0.2) is 35.7 Å². The van der Waals surface area contributed by atoms with Crippen LogP contribution >= 0.6 is 11.3 Å². The van der Waals surface area contributed by atoms with Gasteiger partial charge in [0.15, 0.2) is 0 Å². The maximum Gasteiger partial charge on any atom is 0.226 e. The number of aromatic nitrogens is 1. The molecule has 0 radical (unpaired) electrons. The zero-order valence-corrected chi connectivity index (χ0v) is 13.8. The van der Waals surface area contributed by atoms with Gasteiger partial charge in [0.2, 0.25) is 5.91 Å². The van der Waals surface area contributed by atoms with Crippen LogP contribution in [0.2, 0.25) is 0 Å². The molecule has 0 atom stereocenters. The van der Waals surface area contributed by atoms with Crippen LogP contribution in [0.25, 0.3) is 0 Å². The molecule has 0 bridgehead atoms. The predicted octanol–water partition coefficient (Wildman–Crippen LogP) is 3.62. The van der Waals surface area contributed by atoms with E-state index in [9.17, 15) is 4.79 Å². The summed E-state index contributed by atoms with van der Waals surface area (Å²) in [5, 5.41) is 3.01. The number of carbonyl (C=O) groups excluding carboxylic acids is 1. The molecule has 0 aliphatic heterocycles. The highest BCUT2D eigenvalue weighted by atomic mass is 32.1. The summed E-state index contributed by atoms with van der Waals surface area (Å²) in [5.41, 5.74) is 0.988. The molecule has 2 aromatic rings. The van der Waals surface area contributed by atoms with E-state index in [4.69, 9.17) is 4.74 Å². The number of ether oxygens (including phenoxy) is 1. The number of amides is 1. The molecule has 0 saturated heterocycles. The molecule has 2 aliphatic carbocycles. The van der Waals surface area contributed by atoms with Gasteiger partial charge in [-0.3, -0.25) is 4.79 Å². The SMILES string of the molecule is O=C(C1CC1)N(Cc1csc(COc2ccccc2)n1)C1CC1. The third kappa shape index (κ3) is 3.72. The largest absolute Gasteiger partial charge is 0.486 e. The number of thiazole rings is 1. The van der Waals surface area contributed by atoms with Crippen molar-refractivity contribution in [1.29, 1.82) is 0 Å². The van der Waals surface area contributed by atoms with Gasteiger partial charge in [-0.15, -0.1) is 11.3 Å². The summed E-state index contributed by atoms with van der Waals surface area (Å²) in [6.45, 7) is 1.14. The van der Waals surface area contributed by atoms with Crippen LogP contribution in [0.1, 0.15) is 36.4 Å². The minimum atomic E-state index is 0.287. The quantitative estimate of drug-likeness (QED) is 0.779.